The predicted molar refractivity (Wildman–Crippen MR) is 155 cm³/mol. The Kier molecular flexibility index (Phi) is 20.6. The van der Waals surface area contributed by atoms with Crippen LogP contribution in [-0.2, 0) is 28.7 Å². The molecule has 2 amide bonds. The zero-order valence-corrected chi connectivity index (χ0v) is 25.1. The molecule has 0 radical (unpaired) electrons. The zero-order valence-electron chi connectivity index (χ0n) is 25.1. The van der Waals surface area contributed by atoms with Crippen molar-refractivity contribution in [3.05, 3.63) is 0 Å². The van der Waals surface area contributed by atoms with Gasteiger partial charge in [0.1, 0.15) is 6.42 Å². The van der Waals surface area contributed by atoms with Crippen molar-refractivity contribution >= 4 is 23.8 Å². The first-order valence-corrected chi connectivity index (χ1v) is 16.2. The molecular formula is C32H57NO6. The highest BCUT2D eigenvalue weighted by molar-refractivity contribution is 6.08. The SMILES string of the molecule is CCCCCCCCCCCCCC(=O)OC1(OC(=O)CCCCCCCCCCCCC)CC(=O)NC1=O. The number of imide groups is 1. The lowest BCUT2D eigenvalue weighted by Crippen LogP contribution is -2.46. The summed E-state index contributed by atoms with van der Waals surface area (Å²) in [7, 11) is 0. The number of hydrogen-bond donors (Lipinski definition) is 1. The third-order valence-electron chi connectivity index (χ3n) is 7.52. The van der Waals surface area contributed by atoms with Crippen LogP contribution in [0.5, 0.6) is 0 Å². The molecule has 0 aromatic rings. The smallest absolute Gasteiger partial charge is 0.345 e. The lowest BCUT2D eigenvalue weighted by atomic mass is 10.1. The van der Waals surface area contributed by atoms with Crippen LogP contribution in [0.25, 0.3) is 0 Å². The van der Waals surface area contributed by atoms with E-state index in [1.165, 1.54) is 89.9 Å². The predicted octanol–water partition coefficient (Wildman–Crippen LogP) is 8.22. The van der Waals surface area contributed by atoms with Gasteiger partial charge in [-0.3, -0.25) is 24.5 Å². The van der Waals surface area contributed by atoms with E-state index < -0.39 is 36.0 Å². The molecule has 7 heteroatoms. The number of carbonyl (C=O) groups excluding carboxylic acids is 4. The molecule has 0 atom stereocenters. The molecule has 1 aliphatic rings. The third-order valence-corrected chi connectivity index (χ3v) is 7.52. The van der Waals surface area contributed by atoms with Crippen LogP contribution in [-0.4, -0.2) is 29.5 Å². The molecule has 1 fully saturated rings. The Morgan fingerprint density at radius 1 is 0.564 bits per heavy atom. The van der Waals surface area contributed by atoms with Gasteiger partial charge in [-0.25, -0.2) is 0 Å². The fourth-order valence-corrected chi connectivity index (χ4v) is 5.08. The second kappa shape index (κ2) is 22.9. The summed E-state index contributed by atoms with van der Waals surface area (Å²) >= 11 is 0. The van der Waals surface area contributed by atoms with E-state index in [2.05, 4.69) is 19.2 Å². The number of amides is 2. The summed E-state index contributed by atoms with van der Waals surface area (Å²) in [5, 5.41) is 2.11. The van der Waals surface area contributed by atoms with Gasteiger partial charge in [-0.2, -0.15) is 0 Å². The standard InChI is InChI=1S/C32H57NO6/c1-3-5-7-9-11-13-15-17-19-21-23-25-29(35)38-32(27-28(34)33-31(32)37)39-30(36)26-24-22-20-18-16-14-12-10-8-6-4-2/h3-27H2,1-2H3,(H,33,34,37). The molecule has 226 valence electrons. The maximum absolute atomic E-state index is 12.5. The fourth-order valence-electron chi connectivity index (χ4n) is 5.08. The van der Waals surface area contributed by atoms with Crippen molar-refractivity contribution in [2.75, 3.05) is 0 Å². The van der Waals surface area contributed by atoms with Gasteiger partial charge in [0.2, 0.25) is 5.91 Å². The summed E-state index contributed by atoms with van der Waals surface area (Å²) in [5.41, 5.74) is 0. The molecule has 39 heavy (non-hydrogen) atoms. The monoisotopic (exact) mass is 551 g/mol. The van der Waals surface area contributed by atoms with Gasteiger partial charge in [-0.1, -0.05) is 142 Å². The lowest BCUT2D eigenvalue weighted by molar-refractivity contribution is -0.222. The normalized spacial score (nSPS) is 14.4. The van der Waals surface area contributed by atoms with E-state index in [1.54, 1.807) is 0 Å². The Labute approximate surface area is 237 Å². The van der Waals surface area contributed by atoms with Crippen molar-refractivity contribution in [2.45, 2.75) is 180 Å². The van der Waals surface area contributed by atoms with Crippen LogP contribution in [0, 0.1) is 0 Å². The minimum atomic E-state index is -2.15. The number of nitrogens with one attached hydrogen (secondary N) is 1. The Bertz CT molecular complexity index is 652. The van der Waals surface area contributed by atoms with E-state index in [0.717, 1.165) is 38.5 Å². The molecule has 0 unspecified atom stereocenters. The van der Waals surface area contributed by atoms with Crippen molar-refractivity contribution in [2.24, 2.45) is 0 Å². The van der Waals surface area contributed by atoms with Gasteiger partial charge in [-0.05, 0) is 12.8 Å². The van der Waals surface area contributed by atoms with Gasteiger partial charge in [0.15, 0.2) is 0 Å². The molecule has 1 saturated heterocycles. The number of carbonyl (C=O) groups is 4. The fraction of sp³-hybridized carbons (Fsp3) is 0.875. The summed E-state index contributed by atoms with van der Waals surface area (Å²) < 4.78 is 10.7. The molecule has 0 saturated carbocycles. The summed E-state index contributed by atoms with van der Waals surface area (Å²) in [6, 6.07) is 0. The highest BCUT2D eigenvalue weighted by atomic mass is 16.7. The van der Waals surface area contributed by atoms with Gasteiger partial charge in [0, 0.05) is 12.8 Å². The van der Waals surface area contributed by atoms with E-state index >= 15 is 0 Å². The first-order chi connectivity index (χ1) is 18.9. The number of ether oxygens (including phenoxy) is 2. The van der Waals surface area contributed by atoms with E-state index in [4.69, 9.17) is 9.47 Å². The number of unbranched alkanes of at least 4 members (excludes halogenated alkanes) is 20. The van der Waals surface area contributed by atoms with Crippen LogP contribution < -0.4 is 5.32 Å². The van der Waals surface area contributed by atoms with E-state index in [9.17, 15) is 19.2 Å². The van der Waals surface area contributed by atoms with Crippen LogP contribution in [0.2, 0.25) is 0 Å². The lowest BCUT2D eigenvalue weighted by Gasteiger charge is -2.25. The molecule has 0 bridgehead atoms. The van der Waals surface area contributed by atoms with Gasteiger partial charge in [0.05, 0.1) is 0 Å². The molecule has 1 rings (SSSR count). The highest BCUT2D eigenvalue weighted by Gasteiger charge is 2.54. The third kappa shape index (κ3) is 17.4. The Morgan fingerprint density at radius 3 is 1.15 bits per heavy atom. The minimum absolute atomic E-state index is 0.135. The van der Waals surface area contributed by atoms with E-state index in [1.807, 2.05) is 0 Å². The van der Waals surface area contributed by atoms with Crippen LogP contribution in [0.15, 0.2) is 0 Å². The second-order valence-corrected chi connectivity index (χ2v) is 11.3. The average molecular weight is 552 g/mol. The van der Waals surface area contributed by atoms with Crippen LogP contribution in [0.4, 0.5) is 0 Å². The van der Waals surface area contributed by atoms with Crippen molar-refractivity contribution in [1.29, 1.82) is 0 Å². The average Bonchev–Trinajstić information content (AvgIpc) is 3.17. The van der Waals surface area contributed by atoms with Crippen LogP contribution in [0.3, 0.4) is 0 Å². The zero-order chi connectivity index (χ0) is 28.6. The number of esters is 2. The Morgan fingerprint density at radius 2 is 0.872 bits per heavy atom. The maximum Gasteiger partial charge on any atom is 0.345 e. The Balaban J connectivity index is 2.22. The van der Waals surface area contributed by atoms with E-state index in [0.29, 0.717) is 12.8 Å². The molecule has 1 heterocycles. The van der Waals surface area contributed by atoms with Crippen molar-refractivity contribution in [3.8, 4) is 0 Å². The summed E-state index contributed by atoms with van der Waals surface area (Å²) in [6.45, 7) is 4.45. The van der Waals surface area contributed by atoms with Gasteiger partial charge in [-0.15, -0.1) is 0 Å². The molecule has 7 nitrogen and oxygen atoms in total. The Hall–Kier alpha value is -1.92. The van der Waals surface area contributed by atoms with Crippen LogP contribution in [0.1, 0.15) is 174 Å². The van der Waals surface area contributed by atoms with Gasteiger partial charge >= 0.3 is 23.6 Å². The summed E-state index contributed by atoms with van der Waals surface area (Å²) in [6.07, 6.45) is 25.4. The highest BCUT2D eigenvalue weighted by Crippen LogP contribution is 2.26. The molecule has 0 aromatic carbocycles. The first kappa shape index (κ1) is 35.1. The van der Waals surface area contributed by atoms with Crippen molar-refractivity contribution < 1.29 is 28.7 Å². The maximum atomic E-state index is 12.5. The first-order valence-electron chi connectivity index (χ1n) is 16.2. The van der Waals surface area contributed by atoms with Crippen LogP contribution >= 0.6 is 0 Å². The van der Waals surface area contributed by atoms with Crippen molar-refractivity contribution in [1.82, 2.24) is 5.32 Å². The number of hydrogen-bond acceptors (Lipinski definition) is 6. The molecular weight excluding hydrogens is 494 g/mol. The summed E-state index contributed by atoms with van der Waals surface area (Å²) in [5.74, 6) is -4.85. The van der Waals surface area contributed by atoms with Crippen molar-refractivity contribution in [3.63, 3.8) is 0 Å². The van der Waals surface area contributed by atoms with Gasteiger partial charge < -0.3 is 9.47 Å². The second-order valence-electron chi connectivity index (χ2n) is 11.3. The van der Waals surface area contributed by atoms with Gasteiger partial charge in [0.25, 0.3) is 0 Å². The molecule has 1 N–H and O–H groups in total. The van der Waals surface area contributed by atoms with E-state index in [-0.39, 0.29) is 12.8 Å². The summed E-state index contributed by atoms with van der Waals surface area (Å²) in [4.78, 5) is 49.2. The number of rotatable bonds is 26. The molecule has 1 aliphatic heterocycles. The minimum Gasteiger partial charge on any atom is -0.413 e. The molecule has 0 spiro atoms. The molecule has 0 aromatic heterocycles. The largest absolute Gasteiger partial charge is 0.413 e. The quantitative estimate of drug-likeness (QED) is 0.0503. The topological polar surface area (TPSA) is 98.8 Å². The molecule has 0 aliphatic carbocycles.